The maximum atomic E-state index is 13.5. The highest BCUT2D eigenvalue weighted by Gasteiger charge is 2.30. The van der Waals surface area contributed by atoms with Gasteiger partial charge >= 0.3 is 0 Å². The predicted molar refractivity (Wildman–Crippen MR) is 527 cm³/mol. The molecule has 7 heterocycles. The first-order valence-electron chi connectivity index (χ1n) is 43.9. The van der Waals surface area contributed by atoms with Crippen molar-refractivity contribution in [2.24, 2.45) is 21.1 Å². The molecule has 3 N–H and O–H groups in total. The van der Waals surface area contributed by atoms with Crippen LogP contribution < -0.4 is 24.7 Å². The lowest BCUT2D eigenvalue weighted by molar-refractivity contribution is 0.414. The summed E-state index contributed by atoms with van der Waals surface area (Å²) in [4.78, 5) is 31.7. The zero-order chi connectivity index (χ0) is 95.6. The zero-order valence-corrected chi connectivity index (χ0v) is 83.3. The largest absolute Gasteiger partial charge is 0.497 e. The highest BCUT2D eigenvalue weighted by atomic mass is 79.9. The van der Waals surface area contributed by atoms with Crippen molar-refractivity contribution in [1.29, 1.82) is 0 Å². The highest BCUT2D eigenvalue weighted by Crippen LogP contribution is 2.43. The van der Waals surface area contributed by atoms with Crippen LogP contribution in [0.1, 0.15) is 160 Å². The fourth-order valence-electron chi connectivity index (χ4n) is 14.6. The predicted octanol–water partition coefficient (Wildman–Crippen LogP) is 18.7. The molecule has 7 aromatic carbocycles. The fourth-order valence-corrected chi connectivity index (χ4v) is 20.1. The second kappa shape index (κ2) is 45.2. The third kappa shape index (κ3) is 27.4. The number of halogens is 3. The van der Waals surface area contributed by atoms with Crippen LogP contribution in [0.2, 0.25) is 0 Å². The van der Waals surface area contributed by atoms with Crippen LogP contribution in [0.25, 0.3) is 22.5 Å². The minimum absolute atomic E-state index is 0.0387. The SMILES string of the molecule is CCc1cn(C)cn1.CNS(=O)(=O)c1ccc(Cc2ccc(C3CC3)cn2)c(-c2cn(C)cn2)c1.COc1ccc(CN(C)S(=O)(=O)c2ccc(Cc3ccc(C4CC4)cn3)c(-c3cn(C)cn3)c2)cc1.COc1ccc(CN(C)S(=O)(=O)c2ccc(Cc3ccc(C4CC4)cn3)c(Br)c2)cc1.COc1ccc(CN(C)S(=O)(=O)c2ccc(F)c(Br)c2)cc1.Nc1ccc(C2CC2)cn1. The Morgan fingerprint density at radius 2 is 0.724 bits per heavy atom. The van der Waals surface area contributed by atoms with Crippen molar-refractivity contribution in [3.05, 3.63) is 350 Å². The maximum absolute atomic E-state index is 13.5. The standard InChI is InChI=1S/C28H30N4O3S.C24H25BrN2O3S.C20H22N4O2S.C15H15BrFNO3S.C8H10N2.C6H10N2/c1-31-18-28(30-19-31)27-15-26(36(33,34)32(2)17-20-4-11-25(35-3)12-5-20)13-9-22(27)14-24-10-8-23(16-29-24)21-6-7-21;1-27(16-17-3-10-22(30-2)11-4-17)31(28,29)23-12-8-19(24(25)14-23)13-21-9-7-20(15-26-21)18-5-6-18;1-21-27(25,26)18-8-6-15(19(10-18)20-12-24(2)13-23-20)9-17-7-5-16(11-22-17)14-3-4-14;1-18(10-11-3-5-12(21-2)6-4-11)22(19,20)13-7-8-15(17)14(16)9-13;9-8-4-3-7(5-10-8)6-1-2-6;1-3-6-4-8(2)5-7-6/h4-5,8-13,15-16,18-19,21H,6-7,14,17H2,1-3H3;3-4,7-12,14-15,18H,5-6,13,16H2,1-2H3;5-8,10-14,21H,3-4,9H2,1-2H3;3-9H,10H2,1-2H3;3-6H,1-2H2,(H2,9,10);4-5H,3H2,1-2H3. The molecule has 4 aliphatic carbocycles. The number of nitrogen functional groups attached to an aromatic ring is 1. The summed E-state index contributed by atoms with van der Waals surface area (Å²) < 4.78 is 144. The second-order valence-corrected chi connectivity index (χ2v) is 43.4. The maximum Gasteiger partial charge on any atom is 0.243 e. The van der Waals surface area contributed by atoms with E-state index in [9.17, 15) is 38.1 Å². The normalized spacial score (nSPS) is 13.6. The van der Waals surface area contributed by atoms with Gasteiger partial charge in [-0.05, 0) is 275 Å². The van der Waals surface area contributed by atoms with Gasteiger partial charge in [-0.3, -0.25) is 15.0 Å². The average Bonchev–Trinajstić information content (AvgIpc) is 1.81. The lowest BCUT2D eigenvalue weighted by atomic mass is 10.00. The van der Waals surface area contributed by atoms with Crippen LogP contribution in [-0.4, -0.2) is 145 Å². The van der Waals surface area contributed by atoms with Gasteiger partial charge in [0.05, 0.1) is 81.4 Å². The van der Waals surface area contributed by atoms with E-state index in [1.807, 2.05) is 157 Å². The van der Waals surface area contributed by atoms with Crippen LogP contribution in [0.15, 0.2) is 285 Å². The quantitative estimate of drug-likeness (QED) is 0.0422. The van der Waals surface area contributed by atoms with E-state index in [1.165, 1.54) is 113 Å². The van der Waals surface area contributed by atoms with Crippen molar-refractivity contribution in [3.8, 4) is 39.8 Å². The van der Waals surface area contributed by atoms with Crippen LogP contribution >= 0.6 is 31.9 Å². The van der Waals surface area contributed by atoms with Gasteiger partial charge in [0, 0.05) is 157 Å². The second-order valence-electron chi connectivity index (χ2n) is 33.6. The minimum Gasteiger partial charge on any atom is -0.497 e. The Morgan fingerprint density at radius 3 is 1.02 bits per heavy atom. The molecule has 0 bridgehead atoms. The Bertz CT molecular complexity index is 6790. The summed E-state index contributed by atoms with van der Waals surface area (Å²) in [5.74, 6) is 5.11. The van der Waals surface area contributed by atoms with E-state index in [4.69, 9.17) is 19.9 Å². The van der Waals surface area contributed by atoms with Gasteiger partial charge in [-0.1, -0.05) is 102 Å². The first-order valence-corrected chi connectivity index (χ1v) is 51.3. The smallest absolute Gasteiger partial charge is 0.243 e. The van der Waals surface area contributed by atoms with Gasteiger partial charge in [0.15, 0.2) is 0 Å². The number of rotatable bonds is 30. The van der Waals surface area contributed by atoms with Gasteiger partial charge in [0.25, 0.3) is 0 Å². The van der Waals surface area contributed by atoms with Crippen molar-refractivity contribution in [2.75, 3.05) is 55.3 Å². The van der Waals surface area contributed by atoms with E-state index >= 15 is 0 Å². The van der Waals surface area contributed by atoms with Crippen LogP contribution in [0.3, 0.4) is 0 Å². The molecule has 4 aliphatic rings. The van der Waals surface area contributed by atoms with Crippen LogP contribution in [0, 0.1) is 5.82 Å². The van der Waals surface area contributed by atoms with Gasteiger partial charge in [-0.15, -0.1) is 0 Å². The number of nitrogens with two attached hydrogens (primary N) is 1. The van der Waals surface area contributed by atoms with Crippen molar-refractivity contribution < 1.29 is 52.3 Å². The third-order valence-corrected chi connectivity index (χ3v) is 31.4. The Balaban J connectivity index is 0.000000144. The molecule has 0 saturated heterocycles. The van der Waals surface area contributed by atoms with Crippen LogP contribution in [0.5, 0.6) is 17.2 Å². The van der Waals surface area contributed by atoms with Gasteiger partial charge in [0.2, 0.25) is 40.1 Å². The summed E-state index contributed by atoms with van der Waals surface area (Å²) in [5, 5.41) is 0. The molecule has 14 aromatic rings. The third-order valence-electron chi connectivity index (χ3n) is 23.2. The van der Waals surface area contributed by atoms with Crippen molar-refractivity contribution in [2.45, 2.75) is 147 Å². The van der Waals surface area contributed by atoms with Gasteiger partial charge in [-0.2, -0.15) is 12.9 Å². The number of methoxy groups -OCH3 is 3. The summed E-state index contributed by atoms with van der Waals surface area (Å²) in [6, 6.07) is 57.8. The van der Waals surface area contributed by atoms with Crippen molar-refractivity contribution in [3.63, 3.8) is 0 Å². The Hall–Kier alpha value is -11.5. The van der Waals surface area contributed by atoms with Crippen LogP contribution in [-0.2, 0) is 107 Å². The number of nitrogens with zero attached hydrogens (tertiary/aromatic N) is 13. The highest BCUT2D eigenvalue weighted by molar-refractivity contribution is 9.10. The number of hydrogen-bond donors (Lipinski definition) is 2. The molecule has 0 aliphatic heterocycles. The number of ether oxygens (including phenoxy) is 3. The van der Waals surface area contributed by atoms with E-state index in [-0.39, 0.29) is 43.7 Å². The topological polar surface area (TPSA) is 317 Å². The monoisotopic (exact) mass is 2020 g/mol. The molecule has 4 fully saturated rings. The number of nitrogens with one attached hydrogen (secondary N) is 1. The van der Waals surface area contributed by atoms with Gasteiger partial charge in [0.1, 0.15) is 28.9 Å². The molecule has 0 atom stereocenters. The lowest BCUT2D eigenvalue weighted by Gasteiger charge is -2.19. The molecule has 4 saturated carbocycles. The summed E-state index contributed by atoms with van der Waals surface area (Å²) >= 11 is 6.55. The zero-order valence-electron chi connectivity index (χ0n) is 76.8. The number of hydrogen-bond acceptors (Lipinski definition) is 19. The summed E-state index contributed by atoms with van der Waals surface area (Å²) in [5.41, 5.74) is 23.4. The summed E-state index contributed by atoms with van der Waals surface area (Å²) in [7, 11) is 2.08. The Morgan fingerprint density at radius 1 is 0.396 bits per heavy atom. The first-order chi connectivity index (χ1) is 64.2. The molecular formula is C101H112Br2FN15O11S4. The van der Waals surface area contributed by atoms with E-state index in [0.29, 0.717) is 48.6 Å². The number of imidazole rings is 3. The summed E-state index contributed by atoms with van der Waals surface area (Å²) in [6.07, 6.45) is 31.9. The van der Waals surface area contributed by atoms with E-state index in [2.05, 4.69) is 121 Å². The molecule has 26 nitrogen and oxygen atoms in total. The first kappa shape index (κ1) is 100.0. The molecule has 18 rings (SSSR count). The van der Waals surface area contributed by atoms with Gasteiger partial charge < -0.3 is 33.6 Å². The van der Waals surface area contributed by atoms with E-state index < -0.39 is 45.9 Å². The molecule has 702 valence electrons. The number of anilines is 1. The minimum atomic E-state index is -3.72. The average molecular weight is 2020 g/mol. The van der Waals surface area contributed by atoms with Crippen molar-refractivity contribution >= 4 is 77.8 Å². The summed E-state index contributed by atoms with van der Waals surface area (Å²) in [6.45, 7) is 2.84. The molecule has 33 heteroatoms. The number of pyridine rings is 4. The Kier molecular flexibility index (Phi) is 33.7. The number of benzene rings is 7. The Labute approximate surface area is 802 Å². The number of aryl methyl sites for hydroxylation is 4. The van der Waals surface area contributed by atoms with Gasteiger partial charge in [-0.25, -0.2) is 62.7 Å². The molecule has 134 heavy (non-hydrogen) atoms. The molecule has 0 amide bonds. The van der Waals surface area contributed by atoms with E-state index in [1.54, 1.807) is 109 Å². The fraction of sp³-hybridized carbons (Fsp3) is 0.297. The number of aromatic nitrogens is 10. The van der Waals surface area contributed by atoms with E-state index in [0.717, 1.165) is 113 Å². The van der Waals surface area contributed by atoms with Crippen molar-refractivity contribution in [1.82, 2.24) is 66.2 Å². The molecule has 0 radical (unpaired) electrons. The lowest BCUT2D eigenvalue weighted by Crippen LogP contribution is -2.26. The number of sulfonamides is 4. The van der Waals surface area contributed by atoms with Crippen LogP contribution in [0.4, 0.5) is 10.2 Å². The molecular weight excluding hydrogens is 1910 g/mol. The molecule has 0 unspecified atom stereocenters. The molecule has 7 aromatic heterocycles. The molecule has 0 spiro atoms.